The summed E-state index contributed by atoms with van der Waals surface area (Å²) in [4.78, 5) is 19.5. The number of nitrogens with two attached hydrogens (primary N) is 1. The lowest BCUT2D eigenvalue weighted by Crippen LogP contribution is -2.51. The van der Waals surface area contributed by atoms with Crippen molar-refractivity contribution < 1.29 is 18.3 Å². The highest BCUT2D eigenvalue weighted by Gasteiger charge is 2.47. The van der Waals surface area contributed by atoms with E-state index in [0.717, 1.165) is 0 Å². The fourth-order valence-electron chi connectivity index (χ4n) is 4.98. The number of methoxy groups -OCH3 is 1. The highest BCUT2D eigenvalue weighted by Crippen LogP contribution is 2.42. The topological polar surface area (TPSA) is 104 Å². The van der Waals surface area contributed by atoms with E-state index >= 15 is 0 Å². The summed E-state index contributed by atoms with van der Waals surface area (Å²) in [6, 6.07) is 7.19. The largest absolute Gasteiger partial charge is 0.469 e. The van der Waals surface area contributed by atoms with Gasteiger partial charge in [0.1, 0.15) is 23.3 Å². The molecule has 0 amide bonds. The Kier molecular flexibility index (Phi) is 8.68. The molecule has 3 rings (SSSR count). The summed E-state index contributed by atoms with van der Waals surface area (Å²) in [6.45, 7) is 5.97. The number of allylic oxidation sites excluding steroid dienone is 1. The summed E-state index contributed by atoms with van der Waals surface area (Å²) in [7, 11) is 1.32. The Labute approximate surface area is 215 Å². The molecule has 2 aromatic rings. The quantitative estimate of drug-likeness (QED) is 0.263. The molecule has 0 spiro atoms. The molecule has 1 aromatic heterocycles. The number of carbonyl (C=O) groups is 1. The smallest absolute Gasteiger partial charge is 0.312 e. The van der Waals surface area contributed by atoms with E-state index < -0.39 is 23.0 Å². The van der Waals surface area contributed by atoms with Crippen LogP contribution >= 0.6 is 11.6 Å². The number of carbonyl (C=O) groups excluding carboxylic acids is 1. The third-order valence-corrected chi connectivity index (χ3v) is 7.00. The zero-order valence-corrected chi connectivity index (χ0v) is 21.6. The summed E-state index contributed by atoms with van der Waals surface area (Å²) in [5, 5.41) is 10.8. The van der Waals surface area contributed by atoms with Crippen LogP contribution in [0.15, 0.2) is 42.1 Å². The van der Waals surface area contributed by atoms with Gasteiger partial charge >= 0.3 is 5.97 Å². The Balaban J connectivity index is 1.86. The molecule has 3 atom stereocenters. The molecule has 1 saturated heterocycles. The lowest BCUT2D eigenvalue weighted by atomic mass is 9.71. The van der Waals surface area contributed by atoms with Crippen LogP contribution in [0.25, 0.3) is 0 Å². The molecule has 10 heteroatoms. The lowest BCUT2D eigenvalue weighted by molar-refractivity contribution is -0.158. The van der Waals surface area contributed by atoms with Gasteiger partial charge in [0.25, 0.3) is 0 Å². The van der Waals surface area contributed by atoms with E-state index in [1.165, 1.54) is 31.4 Å². The van der Waals surface area contributed by atoms with E-state index in [4.69, 9.17) is 27.5 Å². The number of nitrogens with one attached hydrogen (secondary N) is 2. The number of esters is 1. The second-order valence-electron chi connectivity index (χ2n) is 9.36. The van der Waals surface area contributed by atoms with Crippen molar-refractivity contribution in [2.24, 2.45) is 11.1 Å². The van der Waals surface area contributed by atoms with Gasteiger partial charge in [0.15, 0.2) is 0 Å². The number of anilines is 1. The van der Waals surface area contributed by atoms with Crippen molar-refractivity contribution in [1.29, 1.82) is 5.41 Å². The molecule has 4 N–H and O–H groups in total. The number of likely N-dealkylation sites (tertiary alicyclic amines) is 1. The number of rotatable bonds is 7. The van der Waals surface area contributed by atoms with Gasteiger partial charge in [-0.2, -0.15) is 0 Å². The van der Waals surface area contributed by atoms with Crippen LogP contribution in [-0.2, 0) is 16.0 Å². The van der Waals surface area contributed by atoms with Crippen LogP contribution < -0.4 is 11.1 Å². The van der Waals surface area contributed by atoms with Crippen LogP contribution in [0.1, 0.15) is 50.9 Å². The zero-order valence-electron chi connectivity index (χ0n) is 20.9. The first kappa shape index (κ1) is 27.5. The Bertz CT molecular complexity index is 1170. The molecule has 0 aliphatic carbocycles. The molecule has 194 valence electrons. The van der Waals surface area contributed by atoms with Gasteiger partial charge in [-0.1, -0.05) is 23.7 Å². The van der Waals surface area contributed by atoms with Crippen molar-refractivity contribution in [3.05, 3.63) is 70.0 Å². The van der Waals surface area contributed by atoms with E-state index in [9.17, 15) is 13.6 Å². The van der Waals surface area contributed by atoms with Crippen molar-refractivity contribution >= 4 is 29.2 Å². The third-order valence-electron chi connectivity index (χ3n) is 6.71. The summed E-state index contributed by atoms with van der Waals surface area (Å²) >= 11 is 5.99. The van der Waals surface area contributed by atoms with Gasteiger partial charge in [-0.05, 0) is 57.9 Å². The standard InChI is InChI=1S/C26H32ClF2N5O2/c1-15(30)12-22(31)33-23-9-8-20(28)21(32-23)14-26(25(35)36-4)10-11-34(16(2)13-26)17(3)18-6-5-7-19(27)24(18)29/h5-9,12,16-17H,10-11,13-14,30H2,1-4H3,(H2,31,32,33)/b15-12-/t16-,17?,26-/m1/s1. The van der Waals surface area contributed by atoms with Gasteiger partial charge in [0.05, 0.1) is 23.2 Å². The van der Waals surface area contributed by atoms with Crippen LogP contribution in [0.3, 0.4) is 0 Å². The van der Waals surface area contributed by atoms with Crippen LogP contribution in [0.2, 0.25) is 5.02 Å². The molecule has 1 fully saturated rings. The molecule has 2 heterocycles. The lowest BCUT2D eigenvalue weighted by Gasteiger charge is -2.46. The molecule has 36 heavy (non-hydrogen) atoms. The van der Waals surface area contributed by atoms with Crippen molar-refractivity contribution in [3.63, 3.8) is 0 Å². The van der Waals surface area contributed by atoms with Crippen LogP contribution in [0, 0.1) is 22.5 Å². The minimum Gasteiger partial charge on any atom is -0.469 e. The second kappa shape index (κ2) is 11.3. The van der Waals surface area contributed by atoms with Gasteiger partial charge in [-0.3, -0.25) is 15.1 Å². The van der Waals surface area contributed by atoms with Crippen molar-refractivity contribution in [2.75, 3.05) is 19.0 Å². The maximum absolute atomic E-state index is 14.8. The highest BCUT2D eigenvalue weighted by atomic mass is 35.5. The first-order chi connectivity index (χ1) is 17.0. The Hall–Kier alpha value is -3.04. The van der Waals surface area contributed by atoms with E-state index in [0.29, 0.717) is 30.6 Å². The minimum atomic E-state index is -1.01. The van der Waals surface area contributed by atoms with Gasteiger partial charge in [0.2, 0.25) is 0 Å². The number of amidine groups is 1. The number of halogens is 3. The molecular weight excluding hydrogens is 488 g/mol. The van der Waals surface area contributed by atoms with Crippen LogP contribution in [0.4, 0.5) is 14.6 Å². The van der Waals surface area contributed by atoms with Crippen LogP contribution in [-0.4, -0.2) is 41.4 Å². The number of piperidine rings is 1. The van der Waals surface area contributed by atoms with E-state index in [1.54, 1.807) is 19.1 Å². The SMILES string of the molecule is COC(=O)[C@]1(Cc2nc(NC(=N)/C=C(/C)N)ccc2F)CCN(C(C)c2cccc(Cl)c2F)[C@H](C)C1. The second-order valence-corrected chi connectivity index (χ2v) is 9.77. The van der Waals surface area contributed by atoms with Crippen molar-refractivity contribution in [2.45, 2.75) is 52.1 Å². The fraction of sp³-hybridized carbons (Fsp3) is 0.423. The molecule has 1 aromatic carbocycles. The highest BCUT2D eigenvalue weighted by molar-refractivity contribution is 6.30. The Morgan fingerprint density at radius 2 is 2.14 bits per heavy atom. The van der Waals surface area contributed by atoms with E-state index in [1.807, 2.05) is 13.8 Å². The van der Waals surface area contributed by atoms with Gasteiger partial charge in [-0.15, -0.1) is 0 Å². The normalized spacial score (nSPS) is 21.6. The average Bonchev–Trinajstić information content (AvgIpc) is 2.81. The number of hydrogen-bond acceptors (Lipinski definition) is 6. The fourth-order valence-corrected chi connectivity index (χ4v) is 5.16. The molecule has 1 aliphatic rings. The molecular formula is C26H32ClF2N5O2. The Morgan fingerprint density at radius 3 is 2.78 bits per heavy atom. The van der Waals surface area contributed by atoms with Crippen molar-refractivity contribution in [1.82, 2.24) is 9.88 Å². The number of benzene rings is 1. The first-order valence-corrected chi connectivity index (χ1v) is 12.1. The molecule has 7 nitrogen and oxygen atoms in total. The summed E-state index contributed by atoms with van der Waals surface area (Å²) in [5.41, 5.74) is 5.61. The zero-order chi connectivity index (χ0) is 26.6. The van der Waals surface area contributed by atoms with Gasteiger partial charge < -0.3 is 15.8 Å². The number of nitrogens with zero attached hydrogens (tertiary/aromatic N) is 2. The number of hydrogen-bond donors (Lipinski definition) is 3. The molecule has 0 saturated carbocycles. The van der Waals surface area contributed by atoms with E-state index in [-0.39, 0.29) is 40.9 Å². The Morgan fingerprint density at radius 1 is 1.42 bits per heavy atom. The molecule has 0 bridgehead atoms. The van der Waals surface area contributed by atoms with E-state index in [2.05, 4.69) is 15.2 Å². The maximum Gasteiger partial charge on any atom is 0.312 e. The number of aromatic nitrogens is 1. The number of pyridine rings is 1. The predicted molar refractivity (Wildman–Crippen MR) is 137 cm³/mol. The van der Waals surface area contributed by atoms with Crippen LogP contribution in [0.5, 0.6) is 0 Å². The summed E-state index contributed by atoms with van der Waals surface area (Å²) in [6.07, 6.45) is 2.19. The summed E-state index contributed by atoms with van der Waals surface area (Å²) in [5.74, 6) is -1.17. The average molecular weight is 520 g/mol. The predicted octanol–water partition coefficient (Wildman–Crippen LogP) is 5.21. The third kappa shape index (κ3) is 6.02. The minimum absolute atomic E-state index is 0.00639. The van der Waals surface area contributed by atoms with Gasteiger partial charge in [0, 0.05) is 36.3 Å². The first-order valence-electron chi connectivity index (χ1n) is 11.7. The molecule has 0 radical (unpaired) electrons. The monoisotopic (exact) mass is 519 g/mol. The maximum atomic E-state index is 14.8. The van der Waals surface area contributed by atoms with Gasteiger partial charge in [-0.25, -0.2) is 13.8 Å². The molecule has 1 unspecified atom stereocenters. The molecule has 1 aliphatic heterocycles. The summed E-state index contributed by atoms with van der Waals surface area (Å²) < 4.78 is 34.7. The van der Waals surface area contributed by atoms with Crippen molar-refractivity contribution in [3.8, 4) is 0 Å². The number of ether oxygens (including phenoxy) is 1.